The Hall–Kier alpha value is -0.160. The van der Waals surface area contributed by atoms with Gasteiger partial charge in [-0.2, -0.15) is 0 Å². The van der Waals surface area contributed by atoms with E-state index in [4.69, 9.17) is 14.2 Å². The van der Waals surface area contributed by atoms with Crippen molar-refractivity contribution in [1.29, 1.82) is 0 Å². The van der Waals surface area contributed by atoms with Crippen LogP contribution in [0.25, 0.3) is 0 Å². The second kappa shape index (κ2) is 4.18. The smallest absolute Gasteiger partial charge is 0.147 e. The highest BCUT2D eigenvalue weighted by Crippen LogP contribution is 2.06. The maximum absolute atomic E-state index is 5.35. The van der Waals surface area contributed by atoms with Crippen molar-refractivity contribution in [3.05, 3.63) is 0 Å². The van der Waals surface area contributed by atoms with E-state index in [1.807, 2.05) is 0 Å². The van der Waals surface area contributed by atoms with E-state index in [1.54, 1.807) is 0 Å². The lowest BCUT2D eigenvalue weighted by Crippen LogP contribution is -2.41. The van der Waals surface area contributed by atoms with Gasteiger partial charge in [-0.3, -0.25) is 4.90 Å². The van der Waals surface area contributed by atoms with Crippen molar-refractivity contribution in [3.63, 3.8) is 0 Å². The molecule has 0 aliphatic carbocycles. The fraction of sp³-hybridized carbons (Fsp3) is 1.00. The summed E-state index contributed by atoms with van der Waals surface area (Å²) < 4.78 is 15.7. The Bertz CT molecular complexity index is 130. The van der Waals surface area contributed by atoms with Crippen molar-refractivity contribution < 1.29 is 14.2 Å². The van der Waals surface area contributed by atoms with Gasteiger partial charge in [0.05, 0.1) is 25.9 Å². The lowest BCUT2D eigenvalue weighted by Gasteiger charge is -2.27. The van der Waals surface area contributed by atoms with Gasteiger partial charge in [0.1, 0.15) is 6.79 Å². The Balaban J connectivity index is 1.69. The van der Waals surface area contributed by atoms with Crippen LogP contribution in [-0.4, -0.2) is 57.3 Å². The molecule has 0 aromatic rings. The quantitative estimate of drug-likeness (QED) is 0.573. The molecule has 1 unspecified atom stereocenters. The van der Waals surface area contributed by atoms with Crippen molar-refractivity contribution in [1.82, 2.24) is 4.90 Å². The summed E-state index contributed by atoms with van der Waals surface area (Å²) in [6.07, 6.45) is 0.281. The SMILES string of the molecule is C1CN(CC2COCO2)CCO1. The molecule has 0 saturated carbocycles. The third-order valence-electron chi connectivity index (χ3n) is 2.26. The third-order valence-corrected chi connectivity index (χ3v) is 2.26. The van der Waals surface area contributed by atoms with E-state index in [9.17, 15) is 0 Å². The number of ether oxygens (including phenoxy) is 3. The van der Waals surface area contributed by atoms with E-state index in [0.29, 0.717) is 6.79 Å². The molecule has 4 nitrogen and oxygen atoms in total. The minimum absolute atomic E-state index is 0.281. The first-order valence-corrected chi connectivity index (χ1v) is 4.44. The highest BCUT2D eigenvalue weighted by Gasteiger charge is 2.20. The average Bonchev–Trinajstić information content (AvgIpc) is 2.59. The Kier molecular flexibility index (Phi) is 2.94. The second-order valence-electron chi connectivity index (χ2n) is 3.19. The minimum Gasteiger partial charge on any atom is -0.379 e. The zero-order valence-electron chi connectivity index (χ0n) is 7.20. The number of morpholine rings is 1. The lowest BCUT2D eigenvalue weighted by atomic mass is 10.3. The van der Waals surface area contributed by atoms with E-state index in [1.165, 1.54) is 0 Å². The van der Waals surface area contributed by atoms with Gasteiger partial charge in [-0.25, -0.2) is 0 Å². The molecule has 0 aromatic carbocycles. The van der Waals surface area contributed by atoms with Crippen molar-refractivity contribution in [2.24, 2.45) is 0 Å². The Labute approximate surface area is 72.4 Å². The van der Waals surface area contributed by atoms with Gasteiger partial charge in [0, 0.05) is 19.6 Å². The molecular weight excluding hydrogens is 158 g/mol. The molecule has 0 aromatic heterocycles. The zero-order chi connectivity index (χ0) is 8.23. The van der Waals surface area contributed by atoms with Gasteiger partial charge in [-0.05, 0) is 0 Å². The summed E-state index contributed by atoms with van der Waals surface area (Å²) in [4.78, 5) is 2.36. The van der Waals surface area contributed by atoms with Crippen molar-refractivity contribution >= 4 is 0 Å². The van der Waals surface area contributed by atoms with E-state index >= 15 is 0 Å². The summed E-state index contributed by atoms with van der Waals surface area (Å²) in [6, 6.07) is 0. The van der Waals surface area contributed by atoms with Crippen LogP contribution >= 0.6 is 0 Å². The first-order chi connectivity index (χ1) is 5.95. The first-order valence-electron chi connectivity index (χ1n) is 4.44. The summed E-state index contributed by atoms with van der Waals surface area (Å²) in [5.74, 6) is 0. The fourth-order valence-electron chi connectivity index (χ4n) is 1.55. The highest BCUT2D eigenvalue weighted by molar-refractivity contribution is 4.69. The Morgan fingerprint density at radius 1 is 1.17 bits per heavy atom. The van der Waals surface area contributed by atoms with Crippen LogP contribution in [0.5, 0.6) is 0 Å². The topological polar surface area (TPSA) is 30.9 Å². The summed E-state index contributed by atoms with van der Waals surface area (Å²) >= 11 is 0. The second-order valence-corrected chi connectivity index (χ2v) is 3.19. The van der Waals surface area contributed by atoms with Crippen molar-refractivity contribution in [2.45, 2.75) is 6.10 Å². The third kappa shape index (κ3) is 2.17. The summed E-state index contributed by atoms with van der Waals surface area (Å²) in [7, 11) is 0. The molecule has 2 heterocycles. The summed E-state index contributed by atoms with van der Waals surface area (Å²) in [6.45, 7) is 5.97. The molecule has 2 aliphatic rings. The number of rotatable bonds is 2. The van der Waals surface area contributed by atoms with Gasteiger partial charge in [0.25, 0.3) is 0 Å². The lowest BCUT2D eigenvalue weighted by molar-refractivity contribution is 0.00190. The van der Waals surface area contributed by atoms with Gasteiger partial charge >= 0.3 is 0 Å². The zero-order valence-corrected chi connectivity index (χ0v) is 7.20. The van der Waals surface area contributed by atoms with Crippen LogP contribution < -0.4 is 0 Å². The minimum atomic E-state index is 0.281. The first kappa shape index (κ1) is 8.44. The van der Waals surface area contributed by atoms with E-state index in [2.05, 4.69) is 4.90 Å². The standard InChI is InChI=1S/C8H15NO3/c1-3-10-4-2-9(1)5-8-6-11-7-12-8/h8H,1-7H2. The molecule has 0 radical (unpaired) electrons. The van der Waals surface area contributed by atoms with E-state index in [-0.39, 0.29) is 6.10 Å². The largest absolute Gasteiger partial charge is 0.379 e. The summed E-state index contributed by atoms with van der Waals surface area (Å²) in [5, 5.41) is 0. The van der Waals surface area contributed by atoms with Crippen LogP contribution in [0.15, 0.2) is 0 Å². The predicted octanol–water partition coefficient (Wildman–Crippen LogP) is -0.308. The number of hydrogen-bond donors (Lipinski definition) is 0. The van der Waals surface area contributed by atoms with Crippen LogP contribution in [-0.2, 0) is 14.2 Å². The Morgan fingerprint density at radius 3 is 2.67 bits per heavy atom. The molecule has 70 valence electrons. The van der Waals surface area contributed by atoms with Crippen LogP contribution in [0.2, 0.25) is 0 Å². The van der Waals surface area contributed by atoms with Gasteiger partial charge in [-0.15, -0.1) is 0 Å². The molecule has 1 atom stereocenters. The van der Waals surface area contributed by atoms with Gasteiger partial charge in [-0.1, -0.05) is 0 Å². The molecule has 0 spiro atoms. The highest BCUT2D eigenvalue weighted by atomic mass is 16.7. The van der Waals surface area contributed by atoms with Crippen molar-refractivity contribution in [3.8, 4) is 0 Å². The molecule has 4 heteroatoms. The summed E-state index contributed by atoms with van der Waals surface area (Å²) in [5.41, 5.74) is 0. The van der Waals surface area contributed by atoms with Crippen molar-refractivity contribution in [2.75, 3.05) is 46.2 Å². The molecule has 12 heavy (non-hydrogen) atoms. The molecule has 0 amide bonds. The van der Waals surface area contributed by atoms with Crippen LogP contribution in [0.1, 0.15) is 0 Å². The average molecular weight is 173 g/mol. The molecule has 2 rings (SSSR count). The molecular formula is C8H15NO3. The monoisotopic (exact) mass is 173 g/mol. The molecule has 2 fully saturated rings. The van der Waals surface area contributed by atoms with Crippen LogP contribution in [0.3, 0.4) is 0 Å². The number of hydrogen-bond acceptors (Lipinski definition) is 4. The molecule has 2 aliphatic heterocycles. The maximum atomic E-state index is 5.35. The predicted molar refractivity (Wildman–Crippen MR) is 43.0 cm³/mol. The molecule has 0 N–H and O–H groups in total. The molecule has 0 bridgehead atoms. The van der Waals surface area contributed by atoms with Gasteiger partial charge in [0.2, 0.25) is 0 Å². The maximum Gasteiger partial charge on any atom is 0.147 e. The number of nitrogens with zero attached hydrogens (tertiary/aromatic N) is 1. The van der Waals surface area contributed by atoms with Gasteiger partial charge in [0.15, 0.2) is 0 Å². The fourth-order valence-corrected chi connectivity index (χ4v) is 1.55. The van der Waals surface area contributed by atoms with Crippen LogP contribution in [0, 0.1) is 0 Å². The Morgan fingerprint density at radius 2 is 2.00 bits per heavy atom. The van der Waals surface area contributed by atoms with Crippen LogP contribution in [0.4, 0.5) is 0 Å². The van der Waals surface area contributed by atoms with E-state index < -0.39 is 0 Å². The normalized spacial score (nSPS) is 32.5. The van der Waals surface area contributed by atoms with Gasteiger partial charge < -0.3 is 14.2 Å². The van der Waals surface area contributed by atoms with E-state index in [0.717, 1.165) is 39.5 Å². The molecule has 2 saturated heterocycles.